The van der Waals surface area contributed by atoms with Crippen LogP contribution >= 0.6 is 0 Å². The maximum absolute atomic E-state index is 11.2. The topological polar surface area (TPSA) is 43.4 Å². The minimum atomic E-state index is -0.177. The van der Waals surface area contributed by atoms with Crippen molar-refractivity contribution in [2.45, 2.75) is 59.0 Å². The van der Waals surface area contributed by atoms with Crippen LogP contribution in [0.5, 0.6) is 0 Å². The molecule has 19 heavy (non-hydrogen) atoms. The van der Waals surface area contributed by atoms with E-state index in [-0.39, 0.29) is 17.5 Å². The number of ether oxygens (including phenoxy) is 1. The monoisotopic (exact) mass is 264 g/mol. The van der Waals surface area contributed by atoms with Crippen LogP contribution in [0.2, 0.25) is 0 Å². The Kier molecular flexibility index (Phi) is 4.12. The summed E-state index contributed by atoms with van der Waals surface area (Å²) in [6.45, 7) is 5.90. The average molecular weight is 264 g/mol. The highest BCUT2D eigenvalue weighted by Gasteiger charge is 2.49. The Labute approximate surface area is 115 Å². The first-order valence-electron chi connectivity index (χ1n) is 7.30. The number of fused-ring (bicyclic) bond motifs is 1. The maximum atomic E-state index is 11.2. The molecule has 0 aromatic carbocycles. The predicted molar refractivity (Wildman–Crippen MR) is 73.5 cm³/mol. The van der Waals surface area contributed by atoms with Crippen LogP contribution in [0.15, 0.2) is 11.6 Å². The Morgan fingerprint density at radius 1 is 1.63 bits per heavy atom. The zero-order valence-electron chi connectivity index (χ0n) is 12.1. The van der Waals surface area contributed by atoms with E-state index in [0.29, 0.717) is 18.3 Å². The summed E-state index contributed by atoms with van der Waals surface area (Å²) in [5, 5.41) is 0. The van der Waals surface area contributed by atoms with Crippen molar-refractivity contribution in [2.75, 3.05) is 0 Å². The molecule has 3 heteroatoms. The molecule has 1 saturated carbocycles. The van der Waals surface area contributed by atoms with Crippen molar-refractivity contribution in [1.29, 1.82) is 0 Å². The van der Waals surface area contributed by atoms with Crippen molar-refractivity contribution >= 4 is 12.3 Å². The fourth-order valence-corrected chi connectivity index (χ4v) is 4.11. The lowest BCUT2D eigenvalue weighted by molar-refractivity contribution is -0.153. The molecule has 0 aliphatic heterocycles. The van der Waals surface area contributed by atoms with Gasteiger partial charge in [0.25, 0.3) is 0 Å². The number of allylic oxidation sites excluding steroid dienone is 2. The summed E-state index contributed by atoms with van der Waals surface area (Å²) >= 11 is 0. The summed E-state index contributed by atoms with van der Waals surface area (Å²) in [5.41, 5.74) is 1.52. The molecule has 0 aromatic rings. The fraction of sp³-hybridized carbons (Fsp3) is 0.750. The van der Waals surface area contributed by atoms with Crippen LogP contribution in [0.3, 0.4) is 0 Å². The van der Waals surface area contributed by atoms with Gasteiger partial charge in [0.15, 0.2) is 0 Å². The van der Waals surface area contributed by atoms with Crippen molar-refractivity contribution < 1.29 is 14.3 Å². The van der Waals surface area contributed by atoms with E-state index in [9.17, 15) is 9.59 Å². The van der Waals surface area contributed by atoms with E-state index in [2.05, 4.69) is 19.9 Å². The molecule has 0 bridgehead atoms. The Bertz CT molecular complexity index is 399. The van der Waals surface area contributed by atoms with Gasteiger partial charge in [0, 0.05) is 19.3 Å². The van der Waals surface area contributed by atoms with Gasteiger partial charge in [0.1, 0.15) is 12.4 Å². The fourth-order valence-electron chi connectivity index (χ4n) is 4.11. The van der Waals surface area contributed by atoms with Gasteiger partial charge in [-0.05, 0) is 37.0 Å². The molecule has 2 rings (SSSR count). The van der Waals surface area contributed by atoms with Crippen molar-refractivity contribution in [3.63, 3.8) is 0 Å². The van der Waals surface area contributed by atoms with Crippen LogP contribution < -0.4 is 0 Å². The standard InChI is InChI=1S/C16H24O3/c1-11(8-10-17)13-6-7-14-15(19-12(2)18)5-4-9-16(13,14)3/h6,10-11,14-15H,4-5,7-9H2,1-3H3/t11-,14-,15-,16+/m0/s1. The number of hydrogen-bond acceptors (Lipinski definition) is 3. The molecular formula is C16H24O3. The number of carbonyl (C=O) groups excluding carboxylic acids is 2. The van der Waals surface area contributed by atoms with E-state index in [4.69, 9.17) is 4.74 Å². The van der Waals surface area contributed by atoms with Crippen molar-refractivity contribution in [1.82, 2.24) is 0 Å². The zero-order chi connectivity index (χ0) is 14.0. The van der Waals surface area contributed by atoms with E-state index in [1.807, 2.05) is 0 Å². The molecule has 0 heterocycles. The quantitative estimate of drug-likeness (QED) is 0.444. The Morgan fingerprint density at radius 3 is 3.00 bits per heavy atom. The van der Waals surface area contributed by atoms with Crippen LogP contribution in [-0.4, -0.2) is 18.4 Å². The molecule has 0 radical (unpaired) electrons. The van der Waals surface area contributed by atoms with Crippen molar-refractivity contribution in [3.05, 3.63) is 11.6 Å². The highest BCUT2D eigenvalue weighted by atomic mass is 16.5. The van der Waals surface area contributed by atoms with Gasteiger partial charge in [-0.15, -0.1) is 0 Å². The molecule has 4 atom stereocenters. The van der Waals surface area contributed by atoms with Crippen molar-refractivity contribution in [3.8, 4) is 0 Å². The Hall–Kier alpha value is -1.12. The third-order valence-electron chi connectivity index (χ3n) is 5.00. The first-order chi connectivity index (χ1) is 8.99. The maximum Gasteiger partial charge on any atom is 0.302 e. The lowest BCUT2D eigenvalue weighted by atomic mass is 9.63. The molecule has 2 aliphatic carbocycles. The highest BCUT2D eigenvalue weighted by Crippen LogP contribution is 2.55. The normalized spacial score (nSPS) is 35.2. The Morgan fingerprint density at radius 2 is 2.37 bits per heavy atom. The van der Waals surface area contributed by atoms with Gasteiger partial charge in [-0.2, -0.15) is 0 Å². The SMILES string of the molecule is CC(=O)O[C@H]1CCC[C@]2(C)C([C@@H](C)CC=O)=CC[C@@H]12. The van der Waals surface area contributed by atoms with E-state index < -0.39 is 0 Å². The summed E-state index contributed by atoms with van der Waals surface area (Å²) in [6, 6.07) is 0. The highest BCUT2D eigenvalue weighted by molar-refractivity contribution is 5.66. The molecule has 106 valence electrons. The largest absolute Gasteiger partial charge is 0.462 e. The van der Waals surface area contributed by atoms with Gasteiger partial charge in [-0.1, -0.05) is 25.5 Å². The van der Waals surface area contributed by atoms with Crippen LogP contribution in [0.25, 0.3) is 0 Å². The van der Waals surface area contributed by atoms with Crippen LogP contribution in [0.1, 0.15) is 52.9 Å². The first kappa shape index (κ1) is 14.3. The number of carbonyl (C=O) groups is 2. The molecule has 3 nitrogen and oxygen atoms in total. The lowest BCUT2D eigenvalue weighted by Gasteiger charge is -2.44. The third kappa shape index (κ3) is 2.60. The first-order valence-corrected chi connectivity index (χ1v) is 7.30. The summed E-state index contributed by atoms with van der Waals surface area (Å²) in [7, 11) is 0. The molecule has 1 fully saturated rings. The second kappa shape index (κ2) is 5.48. The molecule has 0 saturated heterocycles. The number of esters is 1. The second-order valence-electron chi connectivity index (χ2n) is 6.26. The summed E-state index contributed by atoms with van der Waals surface area (Å²) in [4.78, 5) is 22.0. The van der Waals surface area contributed by atoms with Crippen LogP contribution in [0.4, 0.5) is 0 Å². The van der Waals surface area contributed by atoms with Crippen molar-refractivity contribution in [2.24, 2.45) is 17.3 Å². The third-order valence-corrected chi connectivity index (χ3v) is 5.00. The lowest BCUT2D eigenvalue weighted by Crippen LogP contribution is -2.41. The molecule has 0 spiro atoms. The van der Waals surface area contributed by atoms with Gasteiger partial charge < -0.3 is 9.53 Å². The van der Waals surface area contributed by atoms with Gasteiger partial charge in [0.05, 0.1) is 0 Å². The molecule has 2 aliphatic rings. The molecule has 0 unspecified atom stereocenters. The minimum absolute atomic E-state index is 0.0495. The minimum Gasteiger partial charge on any atom is -0.462 e. The average Bonchev–Trinajstić information content (AvgIpc) is 2.67. The summed E-state index contributed by atoms with van der Waals surface area (Å²) in [5.74, 6) is 0.529. The van der Waals surface area contributed by atoms with E-state index in [1.165, 1.54) is 12.5 Å². The molecule has 0 N–H and O–H groups in total. The van der Waals surface area contributed by atoms with Gasteiger partial charge in [0.2, 0.25) is 0 Å². The number of hydrogen-bond donors (Lipinski definition) is 0. The van der Waals surface area contributed by atoms with E-state index >= 15 is 0 Å². The Balaban J connectivity index is 2.17. The van der Waals surface area contributed by atoms with Gasteiger partial charge >= 0.3 is 5.97 Å². The summed E-state index contributed by atoms with van der Waals surface area (Å²) in [6.07, 6.45) is 8.13. The van der Waals surface area contributed by atoms with Gasteiger partial charge in [-0.25, -0.2) is 0 Å². The zero-order valence-corrected chi connectivity index (χ0v) is 12.1. The second-order valence-corrected chi connectivity index (χ2v) is 6.26. The number of aldehydes is 1. The molecule has 0 amide bonds. The van der Waals surface area contributed by atoms with Gasteiger partial charge in [-0.3, -0.25) is 4.79 Å². The smallest absolute Gasteiger partial charge is 0.302 e. The van der Waals surface area contributed by atoms with Crippen LogP contribution in [-0.2, 0) is 14.3 Å². The van der Waals surface area contributed by atoms with E-state index in [1.54, 1.807) is 0 Å². The molecule has 0 aromatic heterocycles. The van der Waals surface area contributed by atoms with Crippen LogP contribution in [0, 0.1) is 17.3 Å². The summed E-state index contributed by atoms with van der Waals surface area (Å²) < 4.78 is 5.52. The predicted octanol–water partition coefficient (Wildman–Crippen LogP) is 3.28. The van der Waals surface area contributed by atoms with E-state index in [0.717, 1.165) is 32.0 Å². The number of rotatable bonds is 4. The molecular weight excluding hydrogens is 240 g/mol.